The van der Waals surface area contributed by atoms with E-state index in [9.17, 15) is 9.59 Å². The molecular formula is C16H18ClNO3. The van der Waals surface area contributed by atoms with Crippen LogP contribution in [0.2, 0.25) is 5.02 Å². The number of nitrogens with one attached hydrogen (secondary N) is 1. The van der Waals surface area contributed by atoms with Crippen molar-refractivity contribution in [3.8, 4) is 0 Å². The lowest BCUT2D eigenvalue weighted by molar-refractivity contribution is -0.129. The van der Waals surface area contributed by atoms with Crippen molar-refractivity contribution >= 4 is 23.3 Å². The van der Waals surface area contributed by atoms with Crippen LogP contribution < -0.4 is 5.32 Å². The Bertz CT molecular complexity index is 616. The van der Waals surface area contributed by atoms with Gasteiger partial charge >= 0.3 is 0 Å². The molecular weight excluding hydrogens is 290 g/mol. The normalized spacial score (nSPS) is 32.5. The quantitative estimate of drug-likeness (QED) is 0.810. The van der Waals surface area contributed by atoms with E-state index in [0.717, 1.165) is 5.56 Å². The van der Waals surface area contributed by atoms with Crippen molar-refractivity contribution < 1.29 is 14.3 Å². The molecule has 1 amide bonds. The number of rotatable bonds is 1. The summed E-state index contributed by atoms with van der Waals surface area (Å²) < 4.78 is 5.50. The van der Waals surface area contributed by atoms with Gasteiger partial charge in [-0.15, -0.1) is 0 Å². The zero-order chi connectivity index (χ0) is 15.2. The van der Waals surface area contributed by atoms with Gasteiger partial charge in [-0.05, 0) is 31.0 Å². The van der Waals surface area contributed by atoms with Crippen molar-refractivity contribution in [3.05, 3.63) is 34.3 Å². The molecule has 3 atom stereocenters. The van der Waals surface area contributed by atoms with Gasteiger partial charge in [-0.25, -0.2) is 0 Å². The Balaban J connectivity index is 1.97. The molecule has 1 aromatic rings. The summed E-state index contributed by atoms with van der Waals surface area (Å²) in [5, 5.41) is 3.39. The van der Waals surface area contributed by atoms with Crippen LogP contribution in [0.15, 0.2) is 18.2 Å². The minimum atomic E-state index is -0.802. The number of aryl methyl sites for hydroxylation is 1. The Kier molecular flexibility index (Phi) is 3.54. The SMILES string of the molecule is Cc1ccc(C2C(=O)NC3(CCOC(C)C3)C2=O)c(Cl)c1. The molecule has 0 aliphatic carbocycles. The van der Waals surface area contributed by atoms with Gasteiger partial charge in [0.15, 0.2) is 5.78 Å². The first-order chi connectivity index (χ1) is 9.93. The lowest BCUT2D eigenvalue weighted by Crippen LogP contribution is -2.52. The largest absolute Gasteiger partial charge is 0.378 e. The van der Waals surface area contributed by atoms with Crippen LogP contribution >= 0.6 is 11.6 Å². The molecule has 4 nitrogen and oxygen atoms in total. The summed E-state index contributed by atoms with van der Waals surface area (Å²) in [6, 6.07) is 5.44. The van der Waals surface area contributed by atoms with E-state index in [2.05, 4.69) is 5.32 Å². The maximum atomic E-state index is 12.9. The molecule has 0 saturated carbocycles. The molecule has 2 fully saturated rings. The third-order valence-corrected chi connectivity index (χ3v) is 4.72. The van der Waals surface area contributed by atoms with Crippen molar-refractivity contribution in [2.24, 2.45) is 0 Å². The van der Waals surface area contributed by atoms with E-state index in [4.69, 9.17) is 16.3 Å². The van der Waals surface area contributed by atoms with Gasteiger partial charge in [-0.2, -0.15) is 0 Å². The first kappa shape index (κ1) is 14.5. The lowest BCUT2D eigenvalue weighted by atomic mass is 9.80. The molecule has 0 radical (unpaired) electrons. The number of amides is 1. The van der Waals surface area contributed by atoms with E-state index in [1.807, 2.05) is 19.9 Å². The third kappa shape index (κ3) is 2.36. The standard InChI is InChI=1S/C16H18ClNO3/c1-9-3-4-11(12(17)7-9)13-14(19)16(18-15(13)20)5-6-21-10(2)8-16/h3-4,7,10,13H,5-6,8H2,1-2H3,(H,18,20). The molecule has 2 heterocycles. The molecule has 21 heavy (non-hydrogen) atoms. The van der Waals surface area contributed by atoms with E-state index >= 15 is 0 Å². The van der Waals surface area contributed by atoms with Crippen LogP contribution in [0.25, 0.3) is 0 Å². The fourth-order valence-electron chi connectivity index (χ4n) is 3.34. The average molecular weight is 308 g/mol. The molecule has 5 heteroatoms. The van der Waals surface area contributed by atoms with E-state index in [1.165, 1.54) is 0 Å². The highest BCUT2D eigenvalue weighted by Crippen LogP contribution is 2.39. The highest BCUT2D eigenvalue weighted by Gasteiger charge is 2.54. The number of Topliss-reactive ketones (excluding diaryl/α,β-unsaturated/α-hetero) is 1. The van der Waals surface area contributed by atoms with E-state index < -0.39 is 11.5 Å². The second-order valence-electron chi connectivity index (χ2n) is 6.03. The number of ether oxygens (including phenoxy) is 1. The van der Waals surface area contributed by atoms with Crippen molar-refractivity contribution in [1.82, 2.24) is 5.32 Å². The van der Waals surface area contributed by atoms with Crippen molar-refractivity contribution in [1.29, 1.82) is 0 Å². The summed E-state index contributed by atoms with van der Waals surface area (Å²) in [4.78, 5) is 25.2. The van der Waals surface area contributed by atoms with Gasteiger partial charge in [-0.1, -0.05) is 23.7 Å². The number of hydrogen-bond acceptors (Lipinski definition) is 3. The van der Waals surface area contributed by atoms with Crippen molar-refractivity contribution in [2.45, 2.75) is 44.2 Å². The zero-order valence-electron chi connectivity index (χ0n) is 12.1. The van der Waals surface area contributed by atoms with Crippen LogP contribution in [0.5, 0.6) is 0 Å². The van der Waals surface area contributed by atoms with Gasteiger partial charge in [0.05, 0.1) is 6.10 Å². The fourth-order valence-corrected chi connectivity index (χ4v) is 3.68. The molecule has 1 spiro atoms. The predicted molar refractivity (Wildman–Crippen MR) is 79.5 cm³/mol. The minimum Gasteiger partial charge on any atom is -0.378 e. The summed E-state index contributed by atoms with van der Waals surface area (Å²) in [5.74, 6) is -1.13. The van der Waals surface area contributed by atoms with Crippen LogP contribution in [-0.2, 0) is 14.3 Å². The first-order valence-corrected chi connectivity index (χ1v) is 7.55. The molecule has 2 aliphatic heterocycles. The minimum absolute atomic E-state index is 0.0322. The first-order valence-electron chi connectivity index (χ1n) is 7.17. The van der Waals surface area contributed by atoms with Gasteiger partial charge in [0.1, 0.15) is 11.5 Å². The Morgan fingerprint density at radius 3 is 2.81 bits per heavy atom. The van der Waals surface area contributed by atoms with Gasteiger partial charge in [0.2, 0.25) is 5.91 Å². The molecule has 0 aromatic heterocycles. The van der Waals surface area contributed by atoms with Gasteiger partial charge in [0, 0.05) is 24.5 Å². The summed E-state index contributed by atoms with van der Waals surface area (Å²) >= 11 is 6.24. The molecule has 1 N–H and O–H groups in total. The van der Waals surface area contributed by atoms with E-state index in [-0.39, 0.29) is 17.8 Å². The van der Waals surface area contributed by atoms with Gasteiger partial charge < -0.3 is 10.1 Å². The number of carbonyl (C=O) groups excluding carboxylic acids is 2. The second-order valence-corrected chi connectivity index (χ2v) is 6.44. The highest BCUT2D eigenvalue weighted by molar-refractivity contribution is 6.32. The van der Waals surface area contributed by atoms with E-state index in [1.54, 1.807) is 12.1 Å². The Labute approximate surface area is 128 Å². The van der Waals surface area contributed by atoms with E-state index in [0.29, 0.717) is 30.0 Å². The number of halogens is 1. The summed E-state index contributed by atoms with van der Waals surface area (Å²) in [7, 11) is 0. The highest BCUT2D eigenvalue weighted by atomic mass is 35.5. The lowest BCUT2D eigenvalue weighted by Gasteiger charge is -2.35. The number of hydrogen-bond donors (Lipinski definition) is 1. The fraction of sp³-hybridized carbons (Fsp3) is 0.500. The molecule has 2 aliphatic rings. The number of benzene rings is 1. The maximum absolute atomic E-state index is 12.9. The summed E-state index contributed by atoms with van der Waals surface area (Å²) in [5.41, 5.74) is 0.818. The monoisotopic (exact) mass is 307 g/mol. The average Bonchev–Trinajstić information content (AvgIpc) is 2.62. The second kappa shape index (κ2) is 5.11. The zero-order valence-corrected chi connectivity index (χ0v) is 12.9. The van der Waals surface area contributed by atoms with Crippen LogP contribution in [-0.4, -0.2) is 29.9 Å². The van der Waals surface area contributed by atoms with Crippen LogP contribution in [0, 0.1) is 6.92 Å². The smallest absolute Gasteiger partial charge is 0.236 e. The third-order valence-electron chi connectivity index (χ3n) is 4.39. The maximum Gasteiger partial charge on any atom is 0.236 e. The Morgan fingerprint density at radius 2 is 2.14 bits per heavy atom. The molecule has 0 bridgehead atoms. The van der Waals surface area contributed by atoms with Crippen molar-refractivity contribution in [3.63, 3.8) is 0 Å². The topological polar surface area (TPSA) is 55.4 Å². The van der Waals surface area contributed by atoms with Crippen LogP contribution in [0.4, 0.5) is 0 Å². The molecule has 3 unspecified atom stereocenters. The number of ketones is 1. The van der Waals surface area contributed by atoms with Gasteiger partial charge in [-0.3, -0.25) is 9.59 Å². The van der Waals surface area contributed by atoms with Crippen LogP contribution in [0.1, 0.15) is 36.8 Å². The Hall–Kier alpha value is -1.39. The molecule has 2 saturated heterocycles. The molecule has 112 valence electrons. The van der Waals surface area contributed by atoms with Crippen molar-refractivity contribution in [2.75, 3.05) is 6.61 Å². The predicted octanol–water partition coefficient (Wildman–Crippen LogP) is 2.37. The Morgan fingerprint density at radius 1 is 1.38 bits per heavy atom. The van der Waals surface area contributed by atoms with Crippen LogP contribution in [0.3, 0.4) is 0 Å². The number of carbonyl (C=O) groups is 2. The molecule has 3 rings (SSSR count). The summed E-state index contributed by atoms with van der Waals surface area (Å²) in [6.07, 6.45) is 1.02. The summed E-state index contributed by atoms with van der Waals surface area (Å²) in [6.45, 7) is 4.34. The molecule has 1 aromatic carbocycles. The van der Waals surface area contributed by atoms with Gasteiger partial charge in [0.25, 0.3) is 0 Å².